The third-order valence-corrected chi connectivity index (χ3v) is 5.23. The van der Waals surface area contributed by atoms with Crippen LogP contribution in [0.1, 0.15) is 21.5 Å². The van der Waals surface area contributed by atoms with Crippen LogP contribution in [0.4, 0.5) is 5.69 Å². The molecule has 0 saturated carbocycles. The van der Waals surface area contributed by atoms with Crippen LogP contribution in [0.15, 0.2) is 36.4 Å². The molecule has 0 aliphatic carbocycles. The summed E-state index contributed by atoms with van der Waals surface area (Å²) in [6.07, 6.45) is 0. The van der Waals surface area contributed by atoms with E-state index in [1.807, 2.05) is 24.3 Å². The van der Waals surface area contributed by atoms with Crippen LogP contribution in [0.5, 0.6) is 0 Å². The minimum Gasteiger partial charge on any atom is -0.324 e. The summed E-state index contributed by atoms with van der Waals surface area (Å²) in [6.45, 7) is 5.92. The second-order valence-electron chi connectivity index (χ2n) is 6.72. The maximum Gasteiger partial charge on any atom is 0.256 e. The lowest BCUT2D eigenvalue weighted by molar-refractivity contribution is -0.120. The predicted molar refractivity (Wildman–Crippen MR) is 97.7 cm³/mol. The number of hydrogen-bond donors (Lipinski definition) is 2. The molecule has 2 aromatic rings. The van der Waals surface area contributed by atoms with Gasteiger partial charge in [-0.05, 0) is 48.2 Å². The van der Waals surface area contributed by atoms with Crippen molar-refractivity contribution in [2.75, 3.05) is 25.0 Å². The molecule has 1 saturated heterocycles. The molecule has 25 heavy (non-hydrogen) atoms. The van der Waals surface area contributed by atoms with E-state index in [4.69, 9.17) is 0 Å². The number of rotatable bonds is 1. The quantitative estimate of drug-likeness (QED) is 0.841. The van der Waals surface area contributed by atoms with Crippen molar-refractivity contribution in [1.29, 1.82) is 0 Å². The molecular weight excluding hydrogens is 314 g/mol. The van der Waals surface area contributed by atoms with Gasteiger partial charge in [0.05, 0.1) is 11.3 Å². The smallest absolute Gasteiger partial charge is 0.256 e. The van der Waals surface area contributed by atoms with Gasteiger partial charge in [-0.1, -0.05) is 24.3 Å². The second-order valence-corrected chi connectivity index (χ2v) is 6.72. The molecule has 5 nitrogen and oxygen atoms in total. The number of nitrogens with zero attached hydrogens (tertiary/aromatic N) is 1. The zero-order valence-corrected chi connectivity index (χ0v) is 14.4. The zero-order valence-electron chi connectivity index (χ0n) is 14.4. The van der Waals surface area contributed by atoms with Gasteiger partial charge in [-0.25, -0.2) is 0 Å². The molecule has 4 rings (SSSR count). The zero-order chi connectivity index (χ0) is 17.6. The Bertz CT molecular complexity index is 875. The van der Waals surface area contributed by atoms with E-state index in [9.17, 15) is 9.59 Å². The normalized spacial score (nSPS) is 19.8. The van der Waals surface area contributed by atoms with E-state index in [1.165, 1.54) is 11.1 Å². The van der Waals surface area contributed by atoms with E-state index in [1.54, 1.807) is 4.90 Å². The van der Waals surface area contributed by atoms with E-state index in [0.717, 1.165) is 11.1 Å². The Balaban J connectivity index is 1.81. The van der Waals surface area contributed by atoms with Gasteiger partial charge in [-0.3, -0.25) is 9.59 Å². The van der Waals surface area contributed by atoms with E-state index in [-0.39, 0.29) is 11.8 Å². The van der Waals surface area contributed by atoms with E-state index in [0.29, 0.717) is 30.9 Å². The highest BCUT2D eigenvalue weighted by Crippen LogP contribution is 2.31. The summed E-state index contributed by atoms with van der Waals surface area (Å²) in [5, 5.41) is 6.10. The fourth-order valence-electron chi connectivity index (χ4n) is 3.61. The molecule has 0 radical (unpaired) electrons. The predicted octanol–water partition coefficient (Wildman–Crippen LogP) is 2.34. The molecule has 128 valence electrons. The Morgan fingerprint density at radius 1 is 1.08 bits per heavy atom. The van der Waals surface area contributed by atoms with Gasteiger partial charge in [0, 0.05) is 19.6 Å². The summed E-state index contributed by atoms with van der Waals surface area (Å²) in [6, 6.07) is 11.4. The third kappa shape index (κ3) is 2.61. The first-order chi connectivity index (χ1) is 12.1. The van der Waals surface area contributed by atoms with E-state index >= 15 is 0 Å². The van der Waals surface area contributed by atoms with Crippen LogP contribution in [0.25, 0.3) is 11.1 Å². The average molecular weight is 335 g/mol. The molecule has 2 heterocycles. The fourth-order valence-corrected chi connectivity index (χ4v) is 3.61. The summed E-state index contributed by atoms with van der Waals surface area (Å²) in [7, 11) is 0. The summed E-state index contributed by atoms with van der Waals surface area (Å²) in [4.78, 5) is 27.2. The molecule has 2 aromatic carbocycles. The maximum atomic E-state index is 13.1. The lowest BCUT2D eigenvalue weighted by Crippen LogP contribution is -2.57. The minimum atomic E-state index is -0.446. The van der Waals surface area contributed by atoms with Gasteiger partial charge >= 0.3 is 0 Å². The van der Waals surface area contributed by atoms with E-state index in [2.05, 4.69) is 36.6 Å². The molecule has 2 aliphatic rings. The van der Waals surface area contributed by atoms with Crippen LogP contribution in [-0.2, 0) is 4.79 Å². The molecule has 1 fully saturated rings. The molecule has 2 amide bonds. The molecule has 0 unspecified atom stereocenters. The molecule has 2 aliphatic heterocycles. The number of carbonyl (C=O) groups excluding carboxylic acids is 2. The minimum absolute atomic E-state index is 0.0768. The lowest BCUT2D eigenvalue weighted by atomic mass is 9.95. The molecule has 0 bridgehead atoms. The summed E-state index contributed by atoms with van der Waals surface area (Å²) in [5.74, 6) is -0.203. The first-order valence-corrected chi connectivity index (χ1v) is 8.59. The van der Waals surface area contributed by atoms with Gasteiger partial charge in [0.1, 0.15) is 6.04 Å². The number of amides is 2. The van der Waals surface area contributed by atoms with Crippen molar-refractivity contribution in [3.63, 3.8) is 0 Å². The van der Waals surface area contributed by atoms with Crippen LogP contribution in [0.2, 0.25) is 0 Å². The SMILES string of the molecule is Cc1cccc(-c2ccc3c(c2)C(=O)N2CCNC[C@@H]2C(=O)N3)c1C. The van der Waals surface area contributed by atoms with Crippen molar-refractivity contribution in [2.45, 2.75) is 19.9 Å². The van der Waals surface area contributed by atoms with Gasteiger partial charge in [0.15, 0.2) is 0 Å². The number of nitrogens with one attached hydrogen (secondary N) is 2. The molecule has 2 N–H and O–H groups in total. The fraction of sp³-hybridized carbons (Fsp3) is 0.300. The highest BCUT2D eigenvalue weighted by atomic mass is 16.2. The number of benzene rings is 2. The largest absolute Gasteiger partial charge is 0.324 e. The molecule has 5 heteroatoms. The first kappa shape index (κ1) is 15.8. The van der Waals surface area contributed by atoms with Crippen molar-refractivity contribution < 1.29 is 9.59 Å². The summed E-state index contributed by atoms with van der Waals surface area (Å²) in [5.41, 5.74) is 5.69. The average Bonchev–Trinajstić information content (AvgIpc) is 2.73. The lowest BCUT2D eigenvalue weighted by Gasteiger charge is -2.33. The monoisotopic (exact) mass is 335 g/mol. The van der Waals surface area contributed by atoms with Gasteiger partial charge in [0.2, 0.25) is 5.91 Å². The summed E-state index contributed by atoms with van der Waals surface area (Å²) < 4.78 is 0. The van der Waals surface area contributed by atoms with Crippen LogP contribution in [0, 0.1) is 13.8 Å². The number of aryl methyl sites for hydroxylation is 1. The maximum absolute atomic E-state index is 13.1. The number of hydrogen-bond acceptors (Lipinski definition) is 3. The first-order valence-electron chi connectivity index (χ1n) is 8.59. The number of fused-ring (bicyclic) bond motifs is 2. The Labute approximate surface area is 147 Å². The van der Waals surface area contributed by atoms with Crippen LogP contribution in [0.3, 0.4) is 0 Å². The Morgan fingerprint density at radius 3 is 2.76 bits per heavy atom. The third-order valence-electron chi connectivity index (χ3n) is 5.23. The Morgan fingerprint density at radius 2 is 1.92 bits per heavy atom. The van der Waals surface area contributed by atoms with Crippen molar-refractivity contribution in [3.05, 3.63) is 53.1 Å². The van der Waals surface area contributed by atoms with Gasteiger partial charge < -0.3 is 15.5 Å². The summed E-state index contributed by atoms with van der Waals surface area (Å²) >= 11 is 0. The van der Waals surface area contributed by atoms with Crippen molar-refractivity contribution >= 4 is 17.5 Å². The number of carbonyl (C=O) groups is 2. The molecular formula is C20H21N3O2. The van der Waals surface area contributed by atoms with Crippen LogP contribution in [-0.4, -0.2) is 42.4 Å². The van der Waals surface area contributed by atoms with Crippen molar-refractivity contribution in [1.82, 2.24) is 10.2 Å². The molecule has 0 aromatic heterocycles. The van der Waals surface area contributed by atoms with Gasteiger partial charge in [-0.2, -0.15) is 0 Å². The van der Waals surface area contributed by atoms with E-state index < -0.39 is 6.04 Å². The highest BCUT2D eigenvalue weighted by molar-refractivity contribution is 6.10. The molecule has 1 atom stereocenters. The van der Waals surface area contributed by atoms with Crippen LogP contribution >= 0.6 is 0 Å². The number of anilines is 1. The van der Waals surface area contributed by atoms with Crippen LogP contribution < -0.4 is 10.6 Å². The Kier molecular flexibility index (Phi) is 3.81. The van der Waals surface area contributed by atoms with Crippen molar-refractivity contribution in [3.8, 4) is 11.1 Å². The second kappa shape index (κ2) is 6.01. The molecule has 0 spiro atoms. The van der Waals surface area contributed by atoms with Gasteiger partial charge in [-0.15, -0.1) is 0 Å². The van der Waals surface area contributed by atoms with Crippen molar-refractivity contribution in [2.24, 2.45) is 0 Å². The standard InChI is InChI=1S/C20H21N3O2/c1-12-4-3-5-15(13(12)2)14-6-7-17-16(10-14)20(25)23-9-8-21-11-18(23)19(24)22-17/h3-7,10,18,21H,8-9,11H2,1-2H3,(H,22,24)/t18-/m1/s1. The Hall–Kier alpha value is -2.66. The number of piperazine rings is 1. The highest BCUT2D eigenvalue weighted by Gasteiger charge is 2.36. The topological polar surface area (TPSA) is 61.4 Å². The van der Waals surface area contributed by atoms with Gasteiger partial charge in [0.25, 0.3) is 5.91 Å².